The molecule has 3 saturated heterocycles. The van der Waals surface area contributed by atoms with E-state index in [-0.39, 0.29) is 43.2 Å². The molecule has 4 aliphatic rings. The van der Waals surface area contributed by atoms with Crippen LogP contribution in [0, 0.1) is 0 Å². The maximum atomic E-state index is 16.3. The molecule has 2 bridgehead atoms. The first-order chi connectivity index (χ1) is 33.5. The Kier molecular flexibility index (Phi) is 19.9. The van der Waals surface area contributed by atoms with Crippen molar-refractivity contribution in [2.45, 2.75) is 110 Å². The molecule has 0 aliphatic carbocycles. The highest BCUT2D eigenvalue weighted by Gasteiger charge is 2.52. The minimum Gasteiger partial charge on any atom is -0.756 e. The Morgan fingerprint density at radius 2 is 1.53 bits per heavy atom. The Hall–Kier alpha value is -3.89. The quantitative estimate of drug-likeness (QED) is 0.0434. The zero-order valence-electron chi connectivity index (χ0n) is 40.3. The summed E-state index contributed by atoms with van der Waals surface area (Å²) in [5.41, 5.74) is 5.37. The minimum atomic E-state index is -5.45. The molecular weight excluding hydrogens is 965 g/mol. The van der Waals surface area contributed by atoms with Gasteiger partial charge < -0.3 is 77.9 Å². The van der Waals surface area contributed by atoms with Crippen molar-refractivity contribution in [1.82, 2.24) is 39.0 Å². The van der Waals surface area contributed by atoms with Gasteiger partial charge in [-0.3, -0.25) is 27.9 Å². The van der Waals surface area contributed by atoms with E-state index in [1.165, 1.54) is 54.7 Å². The van der Waals surface area contributed by atoms with Crippen molar-refractivity contribution in [2.75, 3.05) is 84.2 Å². The van der Waals surface area contributed by atoms with Crippen LogP contribution in [0.25, 0.3) is 22.2 Å². The number of nitrogens with one attached hydrogen (secondary N) is 4. The molecule has 29 heteroatoms. The number of rotatable bonds is 14. The van der Waals surface area contributed by atoms with E-state index >= 15 is 4.39 Å². The molecule has 3 fully saturated rings. The predicted octanol–water partition coefficient (Wildman–Crippen LogP) is -2.45. The number of ether oxygens (including phenoxy) is 3. The van der Waals surface area contributed by atoms with E-state index in [0.29, 0.717) is 24.2 Å². The molecule has 0 radical (unpaired) electrons. The third-order valence-electron chi connectivity index (χ3n) is 12.6. The van der Waals surface area contributed by atoms with Gasteiger partial charge in [0, 0.05) is 12.7 Å². The molecular formula is C41H67FN12O14P2. The Morgan fingerprint density at radius 3 is 2.16 bits per heavy atom. The summed E-state index contributed by atoms with van der Waals surface area (Å²) in [4.78, 5) is 71.3. The van der Waals surface area contributed by atoms with E-state index in [0.717, 1.165) is 29.2 Å². The number of carbonyl (C=O) groups is 1. The Bertz CT molecular complexity index is 2470. The van der Waals surface area contributed by atoms with Gasteiger partial charge in [-0.25, -0.2) is 24.3 Å². The van der Waals surface area contributed by atoms with Crippen molar-refractivity contribution in [1.29, 1.82) is 0 Å². The molecule has 8 heterocycles. The second-order valence-electron chi connectivity index (χ2n) is 16.7. The minimum absolute atomic E-state index is 0.00278. The van der Waals surface area contributed by atoms with Gasteiger partial charge >= 0.3 is 0 Å². The van der Waals surface area contributed by atoms with Crippen molar-refractivity contribution >= 4 is 49.6 Å². The van der Waals surface area contributed by atoms with Crippen LogP contribution >= 0.6 is 15.6 Å². The SMILES string of the molecule is CC[NH+](CC)CC.CC[NH+](CC)CC.NCC(=O)NCOCCn1cnc2c(ncn2[C@@H]2O[C@@H]3COP(=O)([O-])OC4[C@@H](F)[C@H](n5cc6c7c(ncnc75)NCCC6)O[C@@H]4COP(=O)([O-])O[C@@H]2[C@@H]3O)c1=O. The molecule has 4 aliphatic heterocycles. The van der Waals surface area contributed by atoms with E-state index in [2.05, 4.69) is 72.1 Å². The summed E-state index contributed by atoms with van der Waals surface area (Å²) in [7, 11) is -10.9. The molecule has 1 amide bonds. The standard InChI is InChI=1S/C29H37FN10O14P2.2C6H15N/c30-19-22-16(52-28(19)39-7-14-2-1-3-32-24-18(14)25(39)34-10-33-24)9-50-56(46,47)54-23-21(42)15(8-49-55(44,45)53-22)51-29(23)40-12-35-20-26(40)36-11-38(27(20)43)4-5-48-13-37-17(41)6-31;2*1-4-7(5-2)6-3/h7,10-12,15-16,19,21-23,28-29,42H,1-6,8-9,13,31H2,(H,37,41)(H,44,45)(H,46,47)(H,32,33,34);2*4-6H2,1-3H3/t15-,16-,19-,21-,22?,23-,28-,29-;;/m1../s1. The molecule has 7 N–H and O–H groups in total. The Morgan fingerprint density at radius 1 is 0.900 bits per heavy atom. The van der Waals surface area contributed by atoms with Gasteiger partial charge in [-0.2, -0.15) is 0 Å². The lowest BCUT2D eigenvalue weighted by atomic mass is 10.1. The van der Waals surface area contributed by atoms with Crippen molar-refractivity contribution in [3.05, 3.63) is 41.1 Å². The maximum absolute atomic E-state index is 16.3. The van der Waals surface area contributed by atoms with E-state index in [1.807, 2.05) is 0 Å². The fourth-order valence-corrected chi connectivity index (χ4v) is 10.3. The third-order valence-corrected chi connectivity index (χ3v) is 14.5. The Labute approximate surface area is 404 Å². The van der Waals surface area contributed by atoms with E-state index in [4.69, 9.17) is 38.0 Å². The molecule has 0 saturated carbocycles. The molecule has 26 nitrogen and oxygen atoms in total. The van der Waals surface area contributed by atoms with Crippen LogP contribution in [0.4, 0.5) is 10.2 Å². The number of anilines is 1. The first kappa shape index (κ1) is 55.4. The Balaban J connectivity index is 0.000000503. The van der Waals surface area contributed by atoms with E-state index in [9.17, 15) is 33.6 Å². The van der Waals surface area contributed by atoms with Gasteiger partial charge in [0.2, 0.25) is 5.91 Å². The van der Waals surface area contributed by atoms with Crippen LogP contribution in [0.5, 0.6) is 0 Å². The maximum Gasteiger partial charge on any atom is 0.281 e. The normalized spacial score (nSPS) is 28.9. The van der Waals surface area contributed by atoms with Crippen LogP contribution in [0.15, 0.2) is 30.0 Å². The van der Waals surface area contributed by atoms with Crippen LogP contribution < -0.4 is 41.5 Å². The topological polar surface area (TPSA) is 325 Å². The molecule has 392 valence electrons. The monoisotopic (exact) mass is 1030 g/mol. The number of aliphatic hydroxyl groups excluding tert-OH is 1. The predicted molar refractivity (Wildman–Crippen MR) is 245 cm³/mol. The third kappa shape index (κ3) is 13.2. The summed E-state index contributed by atoms with van der Waals surface area (Å²) in [6.45, 7) is 19.4. The van der Waals surface area contributed by atoms with Gasteiger partial charge in [0.1, 0.15) is 61.4 Å². The number of aromatic nitrogens is 7. The summed E-state index contributed by atoms with van der Waals surface area (Å²) in [5, 5.41) is 17.4. The molecule has 0 aromatic carbocycles. The van der Waals surface area contributed by atoms with Crippen molar-refractivity contribution in [3.63, 3.8) is 0 Å². The number of carbonyl (C=O) groups excluding carboxylic acids is 1. The lowest BCUT2D eigenvalue weighted by molar-refractivity contribution is -0.894. The fourth-order valence-electron chi connectivity index (χ4n) is 8.45. The molecule has 70 heavy (non-hydrogen) atoms. The number of hydrogen-bond donors (Lipinski definition) is 6. The molecule has 10 atom stereocenters. The molecule has 3 unspecified atom stereocenters. The van der Waals surface area contributed by atoms with Crippen molar-refractivity contribution < 1.29 is 75.3 Å². The number of phosphoric acid groups is 2. The number of aliphatic hydroxyl groups is 1. The van der Waals surface area contributed by atoms with E-state index < -0.39 is 89.5 Å². The smallest absolute Gasteiger partial charge is 0.281 e. The molecule has 4 aromatic rings. The van der Waals surface area contributed by atoms with Gasteiger partial charge in [0.05, 0.1) is 83.9 Å². The van der Waals surface area contributed by atoms with Crippen molar-refractivity contribution in [2.24, 2.45) is 5.73 Å². The molecule has 4 aromatic heterocycles. The summed E-state index contributed by atoms with van der Waals surface area (Å²) < 4.78 is 84.1. The second kappa shape index (κ2) is 25.2. The number of imidazole rings is 1. The number of aryl methyl sites for hydroxylation is 1. The number of hydrogen-bond acceptors (Lipinski definition) is 20. The van der Waals surface area contributed by atoms with Gasteiger partial charge in [-0.15, -0.1) is 0 Å². The van der Waals surface area contributed by atoms with Crippen LogP contribution in [-0.2, 0) is 59.2 Å². The zero-order valence-corrected chi connectivity index (χ0v) is 42.1. The van der Waals surface area contributed by atoms with E-state index in [1.54, 1.807) is 16.0 Å². The summed E-state index contributed by atoms with van der Waals surface area (Å²) in [5.74, 6) is 0.0974. The van der Waals surface area contributed by atoms with Crippen LogP contribution in [0.3, 0.4) is 0 Å². The van der Waals surface area contributed by atoms with Gasteiger partial charge in [0.15, 0.2) is 29.8 Å². The number of quaternary nitrogens is 2. The highest BCUT2D eigenvalue weighted by Crippen LogP contribution is 2.51. The highest BCUT2D eigenvalue weighted by atomic mass is 31.2. The largest absolute Gasteiger partial charge is 0.756 e. The number of halogens is 1. The first-order valence-electron chi connectivity index (χ1n) is 23.7. The highest BCUT2D eigenvalue weighted by molar-refractivity contribution is 7.46. The van der Waals surface area contributed by atoms with Crippen LogP contribution in [0.1, 0.15) is 66.0 Å². The zero-order chi connectivity index (χ0) is 50.8. The summed E-state index contributed by atoms with van der Waals surface area (Å²) >= 11 is 0. The number of amides is 1. The number of nitrogens with two attached hydrogens (primary N) is 1. The number of fused-ring (bicyclic) bond motifs is 4. The van der Waals surface area contributed by atoms with Crippen LogP contribution in [-0.4, -0.2) is 160 Å². The van der Waals surface area contributed by atoms with Crippen LogP contribution in [0.2, 0.25) is 0 Å². The average Bonchev–Trinajstić information content (AvgIpc) is 4.06. The number of alkyl halides is 1. The summed E-state index contributed by atoms with van der Waals surface area (Å²) in [6.07, 6.45) is -7.75. The fraction of sp³-hybridized carbons (Fsp3) is 0.707. The number of phosphoric ester groups is 2. The molecule has 0 spiro atoms. The summed E-state index contributed by atoms with van der Waals surface area (Å²) in [6, 6.07) is 0. The average molecular weight is 1030 g/mol. The lowest BCUT2D eigenvalue weighted by Crippen LogP contribution is -3.11. The van der Waals surface area contributed by atoms with Crippen molar-refractivity contribution in [3.8, 4) is 0 Å². The second-order valence-corrected chi connectivity index (χ2v) is 19.5. The van der Waals surface area contributed by atoms with Gasteiger partial charge in [-0.05, 0) is 59.9 Å². The van der Waals surface area contributed by atoms with Gasteiger partial charge in [0.25, 0.3) is 21.2 Å². The van der Waals surface area contributed by atoms with Gasteiger partial charge in [-0.1, -0.05) is 0 Å². The number of nitrogens with zero attached hydrogens (tertiary/aromatic N) is 7. The molecule has 8 rings (SSSR count). The lowest BCUT2D eigenvalue weighted by Gasteiger charge is -2.31. The first-order valence-corrected chi connectivity index (χ1v) is 26.6.